The summed E-state index contributed by atoms with van der Waals surface area (Å²) < 4.78 is 6.69. The van der Waals surface area contributed by atoms with Crippen LogP contribution in [-0.2, 0) is 5.41 Å². The first kappa shape index (κ1) is 30.2. The number of ketones is 1. The summed E-state index contributed by atoms with van der Waals surface area (Å²) in [5.74, 6) is 1.23. The largest absolute Gasteiger partial charge is 0.507 e. The molecule has 1 aliphatic carbocycles. The quantitative estimate of drug-likeness (QED) is 0.186. The second kappa shape index (κ2) is 11.4. The Morgan fingerprint density at radius 2 is 1.36 bits per heavy atom. The molecule has 0 spiro atoms. The molecule has 0 saturated carbocycles. The number of nitrogens with one attached hydrogen (secondary N) is 1. The van der Waals surface area contributed by atoms with Crippen LogP contribution in [-0.4, -0.2) is 15.9 Å². The lowest BCUT2D eigenvalue weighted by atomic mass is 9.72. The number of carbonyl (C=O) groups is 1. The maximum absolute atomic E-state index is 14.3. The van der Waals surface area contributed by atoms with Gasteiger partial charge in [0.25, 0.3) is 0 Å². The highest BCUT2D eigenvalue weighted by Gasteiger charge is 2.32. The van der Waals surface area contributed by atoms with E-state index in [-0.39, 0.29) is 22.4 Å². The predicted molar refractivity (Wildman–Crippen MR) is 191 cm³/mol. The van der Waals surface area contributed by atoms with Crippen molar-refractivity contribution in [3.8, 4) is 39.6 Å². The Balaban J connectivity index is 1.45. The second-order valence-corrected chi connectivity index (χ2v) is 14.2. The molecule has 0 atom stereocenters. The molecule has 1 aromatic heterocycles. The number of rotatable bonds is 7. The summed E-state index contributed by atoms with van der Waals surface area (Å²) in [7, 11) is 0. The SMILES string of the molecule is CC(C)(C)CC(C)(C)c1ccc(Oc2cc(Nc3ccccc3)c3c4c(cc(-c5ccccc5O)nc24)-c2ccccc2C3=O)cc1. The van der Waals surface area contributed by atoms with Crippen LogP contribution in [0.5, 0.6) is 17.2 Å². The van der Waals surface area contributed by atoms with Crippen LogP contribution in [0.15, 0.2) is 115 Å². The Hall–Kier alpha value is -5.42. The number of carbonyl (C=O) groups excluding carboxylic acids is 1. The molecule has 1 heterocycles. The van der Waals surface area contributed by atoms with E-state index < -0.39 is 0 Å². The number of pyridine rings is 1. The zero-order valence-electron chi connectivity index (χ0n) is 27.4. The molecule has 0 aliphatic heterocycles. The van der Waals surface area contributed by atoms with Crippen molar-refractivity contribution in [2.24, 2.45) is 5.41 Å². The molecular formula is C42H38N2O3. The number of fused-ring (bicyclic) bond motifs is 2. The highest BCUT2D eigenvalue weighted by atomic mass is 16.5. The average molecular weight is 619 g/mol. The summed E-state index contributed by atoms with van der Waals surface area (Å²) in [6, 6.07) is 36.8. The van der Waals surface area contributed by atoms with E-state index in [0.29, 0.717) is 50.5 Å². The number of anilines is 2. The number of para-hydroxylation sites is 2. The molecule has 5 nitrogen and oxygen atoms in total. The number of hydrogen-bond donors (Lipinski definition) is 2. The summed E-state index contributed by atoms with van der Waals surface area (Å²) in [5.41, 5.74) is 7.50. The van der Waals surface area contributed by atoms with Gasteiger partial charge in [0.15, 0.2) is 11.5 Å². The Labute approximate surface area is 275 Å². The molecule has 6 aromatic rings. The highest BCUT2D eigenvalue weighted by Crippen LogP contribution is 2.48. The molecule has 0 radical (unpaired) electrons. The first-order valence-electron chi connectivity index (χ1n) is 16.0. The minimum atomic E-state index is -0.0781. The van der Waals surface area contributed by atoms with E-state index in [9.17, 15) is 9.90 Å². The van der Waals surface area contributed by atoms with Crippen molar-refractivity contribution < 1.29 is 14.6 Å². The standard InChI is InChI=1S/C42H38N2O3/c1-41(2,3)25-42(4,5)26-19-21-28(22-20-26)47-36-24-34(43-27-13-7-6-8-14-27)38-37-32(29-15-9-10-16-30(29)40(38)46)23-33(44-39(36)37)31-17-11-12-18-35(31)45/h6-24,43,45H,25H2,1-5H3. The topological polar surface area (TPSA) is 71.4 Å². The van der Waals surface area contributed by atoms with Gasteiger partial charge in [0.05, 0.1) is 16.9 Å². The predicted octanol–water partition coefficient (Wildman–Crippen LogP) is 11.1. The van der Waals surface area contributed by atoms with Gasteiger partial charge in [-0.1, -0.05) is 101 Å². The molecule has 1 aliphatic rings. The van der Waals surface area contributed by atoms with Crippen LogP contribution in [0.25, 0.3) is 33.3 Å². The molecule has 0 saturated heterocycles. The third kappa shape index (κ3) is 5.74. The fraction of sp³-hybridized carbons (Fsp3) is 0.190. The van der Waals surface area contributed by atoms with Gasteiger partial charge in [-0.2, -0.15) is 0 Å². The van der Waals surface area contributed by atoms with Crippen LogP contribution < -0.4 is 10.1 Å². The summed E-state index contributed by atoms with van der Waals surface area (Å²) in [6.07, 6.45) is 1.04. The molecule has 47 heavy (non-hydrogen) atoms. The molecule has 0 unspecified atom stereocenters. The lowest BCUT2D eigenvalue weighted by Crippen LogP contribution is -2.24. The summed E-state index contributed by atoms with van der Waals surface area (Å²) in [6.45, 7) is 11.4. The third-order valence-corrected chi connectivity index (χ3v) is 8.81. The van der Waals surface area contributed by atoms with E-state index in [0.717, 1.165) is 23.2 Å². The van der Waals surface area contributed by atoms with E-state index in [2.05, 4.69) is 52.1 Å². The maximum atomic E-state index is 14.3. The van der Waals surface area contributed by atoms with Gasteiger partial charge in [0, 0.05) is 28.3 Å². The minimum Gasteiger partial charge on any atom is -0.507 e. The van der Waals surface area contributed by atoms with Crippen LogP contribution in [0.4, 0.5) is 11.4 Å². The Bertz CT molecular complexity index is 2140. The van der Waals surface area contributed by atoms with Gasteiger partial charge in [-0.25, -0.2) is 4.98 Å². The third-order valence-electron chi connectivity index (χ3n) is 8.81. The smallest absolute Gasteiger partial charge is 0.196 e. The van der Waals surface area contributed by atoms with Gasteiger partial charge < -0.3 is 15.2 Å². The lowest BCUT2D eigenvalue weighted by Gasteiger charge is -2.33. The van der Waals surface area contributed by atoms with Crippen molar-refractivity contribution in [3.63, 3.8) is 0 Å². The van der Waals surface area contributed by atoms with Crippen LogP contribution >= 0.6 is 0 Å². The molecule has 0 amide bonds. The zero-order valence-corrected chi connectivity index (χ0v) is 27.4. The monoisotopic (exact) mass is 618 g/mol. The molecule has 234 valence electrons. The summed E-state index contributed by atoms with van der Waals surface area (Å²) in [5, 5.41) is 15.1. The fourth-order valence-electron chi connectivity index (χ4n) is 7.09. The van der Waals surface area contributed by atoms with Crippen LogP contribution in [0, 0.1) is 5.41 Å². The molecule has 7 rings (SSSR count). The normalized spacial score (nSPS) is 12.6. The number of benzene rings is 5. The number of nitrogens with zero attached hydrogens (tertiary/aromatic N) is 1. The van der Waals surface area contributed by atoms with Gasteiger partial charge in [-0.15, -0.1) is 0 Å². The van der Waals surface area contributed by atoms with Crippen LogP contribution in [0.3, 0.4) is 0 Å². The molecular weight excluding hydrogens is 580 g/mol. The van der Waals surface area contributed by atoms with Crippen molar-refractivity contribution in [1.29, 1.82) is 0 Å². The van der Waals surface area contributed by atoms with Gasteiger partial charge in [0.1, 0.15) is 17.0 Å². The summed E-state index contributed by atoms with van der Waals surface area (Å²) >= 11 is 0. The van der Waals surface area contributed by atoms with Crippen molar-refractivity contribution in [1.82, 2.24) is 4.98 Å². The fourth-order valence-corrected chi connectivity index (χ4v) is 7.09. The van der Waals surface area contributed by atoms with Gasteiger partial charge in [-0.05, 0) is 76.4 Å². The molecule has 0 bridgehead atoms. The van der Waals surface area contributed by atoms with Gasteiger partial charge in [0.2, 0.25) is 0 Å². The lowest BCUT2D eigenvalue weighted by molar-refractivity contribution is 0.104. The average Bonchev–Trinajstić information content (AvgIpc) is 3.04. The van der Waals surface area contributed by atoms with Crippen molar-refractivity contribution in [2.75, 3.05) is 5.32 Å². The number of ether oxygens (including phenoxy) is 1. The Kier molecular flexibility index (Phi) is 7.35. The zero-order chi connectivity index (χ0) is 32.9. The first-order chi connectivity index (χ1) is 22.5. The molecule has 5 aromatic carbocycles. The van der Waals surface area contributed by atoms with Crippen molar-refractivity contribution >= 4 is 28.1 Å². The van der Waals surface area contributed by atoms with Gasteiger partial charge in [-0.3, -0.25) is 4.79 Å². The van der Waals surface area contributed by atoms with Crippen LogP contribution in [0.2, 0.25) is 0 Å². The minimum absolute atomic E-state index is 0.00824. The first-order valence-corrected chi connectivity index (χ1v) is 16.0. The number of phenolic OH excluding ortho intramolecular Hbond substituents is 1. The van der Waals surface area contributed by atoms with E-state index >= 15 is 0 Å². The molecule has 0 fully saturated rings. The Morgan fingerprint density at radius 3 is 2.04 bits per heavy atom. The number of aromatic hydroxyl groups is 1. The number of phenols is 1. The molecule has 5 heteroatoms. The van der Waals surface area contributed by atoms with Crippen molar-refractivity contribution in [3.05, 3.63) is 132 Å². The van der Waals surface area contributed by atoms with E-state index in [1.807, 2.05) is 91.0 Å². The second-order valence-electron chi connectivity index (χ2n) is 14.2. The maximum Gasteiger partial charge on any atom is 0.196 e. The number of aromatic nitrogens is 1. The van der Waals surface area contributed by atoms with E-state index in [1.54, 1.807) is 12.1 Å². The number of hydrogen-bond acceptors (Lipinski definition) is 5. The van der Waals surface area contributed by atoms with Gasteiger partial charge >= 0.3 is 0 Å². The van der Waals surface area contributed by atoms with Crippen LogP contribution in [0.1, 0.15) is 62.5 Å². The van der Waals surface area contributed by atoms with E-state index in [1.165, 1.54) is 5.56 Å². The summed E-state index contributed by atoms with van der Waals surface area (Å²) in [4.78, 5) is 19.4. The highest BCUT2D eigenvalue weighted by molar-refractivity contribution is 6.29. The molecule has 2 N–H and O–H groups in total. The van der Waals surface area contributed by atoms with E-state index in [4.69, 9.17) is 9.72 Å². The Morgan fingerprint density at radius 1 is 0.723 bits per heavy atom. The van der Waals surface area contributed by atoms with Crippen molar-refractivity contribution in [2.45, 2.75) is 46.5 Å².